The van der Waals surface area contributed by atoms with Gasteiger partial charge in [0, 0.05) is 24.0 Å². The highest BCUT2D eigenvalue weighted by Crippen LogP contribution is 2.31. The van der Waals surface area contributed by atoms with Crippen molar-refractivity contribution in [2.45, 2.75) is 48.9 Å². The van der Waals surface area contributed by atoms with Crippen LogP contribution in [0, 0.1) is 0 Å². The molecule has 0 spiro atoms. The topological polar surface area (TPSA) is 69.4 Å². The number of benzene rings is 2. The van der Waals surface area contributed by atoms with Crippen molar-refractivity contribution >= 4 is 46.6 Å². The Kier molecular flexibility index (Phi) is 9.96. The number of rotatable bonds is 11. The lowest BCUT2D eigenvalue weighted by Crippen LogP contribution is -2.19. The minimum atomic E-state index is -1.67. The molecule has 2 aromatic carbocycles. The van der Waals surface area contributed by atoms with E-state index in [2.05, 4.69) is 4.98 Å². The Hall–Kier alpha value is -2.60. The zero-order chi connectivity index (χ0) is 25.3. The second-order valence-electron chi connectivity index (χ2n) is 8.07. The fourth-order valence-electron chi connectivity index (χ4n) is 3.40. The molecule has 1 aromatic heterocycles. The Morgan fingerprint density at radius 3 is 2.29 bits per heavy atom. The Morgan fingerprint density at radius 2 is 1.66 bits per heavy atom. The Morgan fingerprint density at radius 1 is 1.03 bits per heavy atom. The summed E-state index contributed by atoms with van der Waals surface area (Å²) in [6.45, 7) is 1.76. The van der Waals surface area contributed by atoms with Crippen molar-refractivity contribution in [2.24, 2.45) is 0 Å². The molecular formula is C27H26Cl3NO4. The smallest absolute Gasteiger partial charge is 0.310 e. The number of halogens is 3. The largest absolute Gasteiger partial charge is 0.463 e. The molecule has 35 heavy (non-hydrogen) atoms. The average Bonchev–Trinajstić information content (AvgIpc) is 3.25. The monoisotopic (exact) mass is 533 g/mol. The normalized spacial score (nSPS) is 12.6. The van der Waals surface area contributed by atoms with Crippen LogP contribution in [0.25, 0.3) is 22.8 Å². The van der Waals surface area contributed by atoms with Crippen LogP contribution in [0.3, 0.4) is 0 Å². The second kappa shape index (κ2) is 12.9. The van der Waals surface area contributed by atoms with E-state index < -0.39 is 9.76 Å². The van der Waals surface area contributed by atoms with Gasteiger partial charge in [-0.2, -0.15) is 0 Å². The summed E-state index contributed by atoms with van der Waals surface area (Å²) in [5.74, 6) is 0.607. The van der Waals surface area contributed by atoms with Gasteiger partial charge in [-0.05, 0) is 38.0 Å². The SMILES string of the molecule is CC(CC/C=C/C(=O)CCc1nc(-c2ccccc2)oc1-c1ccccc1)OC(=O)CC(Cl)(Cl)Cl. The van der Waals surface area contributed by atoms with E-state index in [1.54, 1.807) is 19.1 Å². The summed E-state index contributed by atoms with van der Waals surface area (Å²) in [5.41, 5.74) is 2.54. The summed E-state index contributed by atoms with van der Waals surface area (Å²) >= 11 is 16.8. The number of allylic oxidation sites excluding steroid dienone is 2. The number of carbonyl (C=O) groups is 2. The van der Waals surface area contributed by atoms with Gasteiger partial charge in [-0.15, -0.1) is 0 Å². The highest BCUT2D eigenvalue weighted by Gasteiger charge is 2.26. The van der Waals surface area contributed by atoms with Crippen LogP contribution in [0.2, 0.25) is 0 Å². The number of hydrogen-bond acceptors (Lipinski definition) is 5. The number of alkyl halides is 3. The molecule has 0 amide bonds. The molecule has 0 fully saturated rings. The first kappa shape index (κ1) is 27.0. The highest BCUT2D eigenvalue weighted by molar-refractivity contribution is 6.68. The summed E-state index contributed by atoms with van der Waals surface area (Å²) < 4.78 is 9.63. The van der Waals surface area contributed by atoms with E-state index in [9.17, 15) is 9.59 Å². The molecule has 1 atom stereocenters. The van der Waals surface area contributed by atoms with E-state index in [0.29, 0.717) is 37.3 Å². The maximum Gasteiger partial charge on any atom is 0.310 e. The van der Waals surface area contributed by atoms with Gasteiger partial charge in [-0.3, -0.25) is 9.59 Å². The minimum absolute atomic E-state index is 0.0193. The number of oxazole rings is 1. The standard InChI is InChI=1S/C27H26Cl3NO4/c1-19(34-24(33)18-27(28,29)30)10-8-9-15-22(32)16-17-23-25(20-11-4-2-5-12-20)35-26(31-23)21-13-6-3-7-14-21/h2-7,9,11-15,19H,8,10,16-18H2,1H3/b15-9+. The molecule has 0 bridgehead atoms. The lowest BCUT2D eigenvalue weighted by atomic mass is 10.1. The van der Waals surface area contributed by atoms with Crippen LogP contribution in [0.1, 0.15) is 38.3 Å². The predicted octanol–water partition coefficient (Wildman–Crippen LogP) is 7.54. The van der Waals surface area contributed by atoms with Gasteiger partial charge in [-0.1, -0.05) is 89.4 Å². The molecule has 0 aliphatic rings. The zero-order valence-corrected chi connectivity index (χ0v) is 21.5. The molecule has 5 nitrogen and oxygen atoms in total. The summed E-state index contributed by atoms with van der Waals surface area (Å²) in [6, 6.07) is 19.4. The van der Waals surface area contributed by atoms with Crippen LogP contribution < -0.4 is 0 Å². The number of aryl methyl sites for hydroxylation is 1. The van der Waals surface area contributed by atoms with E-state index >= 15 is 0 Å². The van der Waals surface area contributed by atoms with Crippen LogP contribution in [0.15, 0.2) is 77.2 Å². The summed E-state index contributed by atoms with van der Waals surface area (Å²) in [6.07, 6.45) is 4.54. The van der Waals surface area contributed by atoms with Gasteiger partial charge in [0.1, 0.15) is 0 Å². The van der Waals surface area contributed by atoms with Crippen molar-refractivity contribution in [1.29, 1.82) is 0 Å². The number of nitrogens with zero attached hydrogens (tertiary/aromatic N) is 1. The quantitative estimate of drug-likeness (QED) is 0.144. The Bertz CT molecular complexity index is 1140. The van der Waals surface area contributed by atoms with Gasteiger partial charge < -0.3 is 9.15 Å². The third-order valence-electron chi connectivity index (χ3n) is 5.08. The van der Waals surface area contributed by atoms with E-state index in [4.69, 9.17) is 44.0 Å². The summed E-state index contributed by atoms with van der Waals surface area (Å²) in [4.78, 5) is 28.8. The van der Waals surface area contributed by atoms with Gasteiger partial charge >= 0.3 is 5.97 Å². The average molecular weight is 535 g/mol. The van der Waals surface area contributed by atoms with Gasteiger partial charge in [0.05, 0.1) is 18.2 Å². The third-order valence-corrected chi connectivity index (χ3v) is 5.48. The van der Waals surface area contributed by atoms with E-state index in [1.165, 1.54) is 0 Å². The van der Waals surface area contributed by atoms with E-state index in [0.717, 1.165) is 16.8 Å². The maximum atomic E-state index is 12.4. The highest BCUT2D eigenvalue weighted by atomic mass is 35.6. The number of ether oxygens (including phenoxy) is 1. The molecule has 0 N–H and O–H groups in total. The van der Waals surface area contributed by atoms with Crippen molar-refractivity contribution in [3.05, 3.63) is 78.5 Å². The van der Waals surface area contributed by atoms with Crippen LogP contribution in [-0.4, -0.2) is 26.6 Å². The molecular weight excluding hydrogens is 509 g/mol. The minimum Gasteiger partial charge on any atom is -0.463 e. The van der Waals surface area contributed by atoms with Crippen LogP contribution in [0.5, 0.6) is 0 Å². The molecule has 1 heterocycles. The fourth-order valence-corrected chi connectivity index (χ4v) is 3.73. The lowest BCUT2D eigenvalue weighted by molar-refractivity contribution is -0.148. The predicted molar refractivity (Wildman–Crippen MR) is 140 cm³/mol. The number of esters is 1. The van der Waals surface area contributed by atoms with E-state index in [1.807, 2.05) is 60.7 Å². The first-order valence-corrected chi connectivity index (χ1v) is 12.4. The first-order valence-electron chi connectivity index (χ1n) is 11.3. The fraction of sp³-hybridized carbons (Fsp3) is 0.296. The van der Waals surface area contributed by atoms with Gasteiger partial charge in [0.25, 0.3) is 0 Å². The van der Waals surface area contributed by atoms with Crippen molar-refractivity contribution < 1.29 is 18.7 Å². The molecule has 0 radical (unpaired) electrons. The van der Waals surface area contributed by atoms with Crippen molar-refractivity contribution in [2.75, 3.05) is 0 Å². The molecule has 8 heteroatoms. The number of carbonyl (C=O) groups excluding carboxylic acids is 2. The van der Waals surface area contributed by atoms with Crippen LogP contribution >= 0.6 is 34.8 Å². The van der Waals surface area contributed by atoms with Gasteiger partial charge in [0.15, 0.2) is 11.5 Å². The summed E-state index contributed by atoms with van der Waals surface area (Å²) in [7, 11) is 0. The molecule has 3 aromatic rings. The molecule has 0 aliphatic heterocycles. The Balaban J connectivity index is 1.55. The molecule has 0 saturated heterocycles. The lowest BCUT2D eigenvalue weighted by Gasteiger charge is -2.14. The molecule has 0 aliphatic carbocycles. The van der Waals surface area contributed by atoms with Gasteiger partial charge in [0.2, 0.25) is 9.68 Å². The van der Waals surface area contributed by atoms with Gasteiger partial charge in [-0.25, -0.2) is 4.98 Å². The number of hydrogen-bond donors (Lipinski definition) is 0. The second-order valence-corrected chi connectivity index (χ2v) is 10.6. The molecule has 3 rings (SSSR count). The van der Waals surface area contributed by atoms with Crippen molar-refractivity contribution in [3.8, 4) is 22.8 Å². The zero-order valence-electron chi connectivity index (χ0n) is 19.3. The maximum absolute atomic E-state index is 12.4. The van der Waals surface area contributed by atoms with Crippen molar-refractivity contribution in [3.63, 3.8) is 0 Å². The van der Waals surface area contributed by atoms with Crippen molar-refractivity contribution in [1.82, 2.24) is 4.98 Å². The first-order chi connectivity index (χ1) is 16.7. The molecule has 184 valence electrons. The molecule has 0 saturated carbocycles. The number of ketones is 1. The third kappa shape index (κ3) is 9.17. The van der Waals surface area contributed by atoms with Crippen LogP contribution in [-0.2, 0) is 20.7 Å². The van der Waals surface area contributed by atoms with E-state index in [-0.39, 0.29) is 18.3 Å². The number of aromatic nitrogens is 1. The Labute approximate surface area is 220 Å². The molecule has 1 unspecified atom stereocenters. The van der Waals surface area contributed by atoms with Crippen LogP contribution in [0.4, 0.5) is 0 Å². The summed E-state index contributed by atoms with van der Waals surface area (Å²) in [5, 5.41) is 0.